The van der Waals surface area contributed by atoms with Crippen molar-refractivity contribution in [2.75, 3.05) is 6.54 Å². The zero-order valence-electron chi connectivity index (χ0n) is 10.6. The van der Waals surface area contributed by atoms with Crippen molar-refractivity contribution in [3.05, 3.63) is 47.0 Å². The van der Waals surface area contributed by atoms with E-state index in [1.165, 1.54) is 12.1 Å². The molecule has 0 unspecified atom stereocenters. The molecule has 0 atom stereocenters. The molecule has 1 aromatic carbocycles. The van der Waals surface area contributed by atoms with Crippen LogP contribution in [0.1, 0.15) is 17.0 Å². The minimum Gasteiger partial charge on any atom is -0.330 e. The highest BCUT2D eigenvalue weighted by Crippen LogP contribution is 2.19. The lowest BCUT2D eigenvalue weighted by Gasteiger charge is -2.10. The second-order valence-corrected chi connectivity index (χ2v) is 4.25. The molecule has 2 N–H and O–H groups in total. The Balaban J connectivity index is 2.48. The van der Waals surface area contributed by atoms with Gasteiger partial charge in [-0.15, -0.1) is 0 Å². The van der Waals surface area contributed by atoms with Crippen molar-refractivity contribution in [3.8, 4) is 11.4 Å². The molecule has 18 heavy (non-hydrogen) atoms. The Morgan fingerprint density at radius 3 is 2.39 bits per heavy atom. The van der Waals surface area contributed by atoms with Gasteiger partial charge in [0, 0.05) is 17.0 Å². The second-order valence-electron chi connectivity index (χ2n) is 4.25. The van der Waals surface area contributed by atoms with Crippen LogP contribution in [-0.4, -0.2) is 16.5 Å². The molecule has 0 amide bonds. The molecule has 2 rings (SSSR count). The van der Waals surface area contributed by atoms with Crippen molar-refractivity contribution in [2.24, 2.45) is 5.73 Å². The van der Waals surface area contributed by atoms with E-state index in [2.05, 4.69) is 9.97 Å². The van der Waals surface area contributed by atoms with Gasteiger partial charge in [-0.1, -0.05) is 12.1 Å². The van der Waals surface area contributed by atoms with Crippen molar-refractivity contribution in [2.45, 2.75) is 20.3 Å². The highest BCUT2D eigenvalue weighted by Gasteiger charge is 2.09. The lowest BCUT2D eigenvalue weighted by atomic mass is 10.1. The standard InChI is InChI=1S/C14H16FN3/c1-9-13(6-7-16)10(2)18-14(17-9)11-4-3-5-12(15)8-11/h3-5,8H,6-7,16H2,1-2H3. The summed E-state index contributed by atoms with van der Waals surface area (Å²) in [5.74, 6) is 0.280. The first-order chi connectivity index (χ1) is 8.61. The number of benzene rings is 1. The molecule has 0 radical (unpaired) electrons. The Bertz CT molecular complexity index is 544. The van der Waals surface area contributed by atoms with Gasteiger partial charge in [-0.05, 0) is 44.5 Å². The third-order valence-corrected chi connectivity index (χ3v) is 2.90. The summed E-state index contributed by atoms with van der Waals surface area (Å²) in [6, 6.07) is 6.31. The van der Waals surface area contributed by atoms with E-state index in [0.717, 1.165) is 23.4 Å². The molecular weight excluding hydrogens is 229 g/mol. The van der Waals surface area contributed by atoms with Crippen LogP contribution in [0.25, 0.3) is 11.4 Å². The first kappa shape index (κ1) is 12.6. The van der Waals surface area contributed by atoms with Crippen LogP contribution < -0.4 is 5.73 Å². The first-order valence-corrected chi connectivity index (χ1v) is 5.92. The maximum absolute atomic E-state index is 13.2. The largest absolute Gasteiger partial charge is 0.330 e. The summed E-state index contributed by atoms with van der Waals surface area (Å²) >= 11 is 0. The summed E-state index contributed by atoms with van der Waals surface area (Å²) in [5, 5.41) is 0. The minimum absolute atomic E-state index is 0.280. The van der Waals surface area contributed by atoms with Crippen molar-refractivity contribution in [3.63, 3.8) is 0 Å². The molecular formula is C14H16FN3. The number of hydrogen-bond acceptors (Lipinski definition) is 3. The van der Waals surface area contributed by atoms with Gasteiger partial charge in [-0.2, -0.15) is 0 Å². The van der Waals surface area contributed by atoms with Gasteiger partial charge < -0.3 is 5.73 Å². The summed E-state index contributed by atoms with van der Waals surface area (Å²) in [7, 11) is 0. The lowest BCUT2D eigenvalue weighted by Crippen LogP contribution is -2.09. The number of aromatic nitrogens is 2. The van der Waals surface area contributed by atoms with Gasteiger partial charge in [0.2, 0.25) is 0 Å². The minimum atomic E-state index is -0.280. The van der Waals surface area contributed by atoms with Crippen LogP contribution in [-0.2, 0) is 6.42 Å². The van der Waals surface area contributed by atoms with E-state index in [4.69, 9.17) is 5.73 Å². The fourth-order valence-electron chi connectivity index (χ4n) is 2.00. The quantitative estimate of drug-likeness (QED) is 0.903. The summed E-state index contributed by atoms with van der Waals surface area (Å²) in [6.45, 7) is 4.44. The topological polar surface area (TPSA) is 51.8 Å². The fraction of sp³-hybridized carbons (Fsp3) is 0.286. The van der Waals surface area contributed by atoms with Crippen LogP contribution in [0.2, 0.25) is 0 Å². The van der Waals surface area contributed by atoms with E-state index >= 15 is 0 Å². The molecule has 0 spiro atoms. The Morgan fingerprint density at radius 2 is 1.83 bits per heavy atom. The lowest BCUT2D eigenvalue weighted by molar-refractivity contribution is 0.628. The zero-order chi connectivity index (χ0) is 13.1. The van der Waals surface area contributed by atoms with Crippen LogP contribution in [0.5, 0.6) is 0 Å². The van der Waals surface area contributed by atoms with Gasteiger partial charge >= 0.3 is 0 Å². The van der Waals surface area contributed by atoms with E-state index in [1.807, 2.05) is 13.8 Å². The molecule has 4 heteroatoms. The monoisotopic (exact) mass is 245 g/mol. The van der Waals surface area contributed by atoms with Gasteiger partial charge in [-0.25, -0.2) is 14.4 Å². The van der Waals surface area contributed by atoms with E-state index in [0.29, 0.717) is 17.9 Å². The normalized spacial score (nSPS) is 10.7. The summed E-state index contributed by atoms with van der Waals surface area (Å²) in [6.07, 6.45) is 0.765. The van der Waals surface area contributed by atoms with Crippen LogP contribution in [0.4, 0.5) is 4.39 Å². The molecule has 0 aliphatic heterocycles. The third-order valence-electron chi connectivity index (χ3n) is 2.90. The number of nitrogens with zero attached hydrogens (tertiary/aromatic N) is 2. The maximum atomic E-state index is 13.2. The predicted octanol–water partition coefficient (Wildman–Crippen LogP) is 2.40. The van der Waals surface area contributed by atoms with Gasteiger partial charge in [0.15, 0.2) is 5.82 Å². The van der Waals surface area contributed by atoms with Gasteiger partial charge in [-0.3, -0.25) is 0 Å². The summed E-state index contributed by atoms with van der Waals surface area (Å²) in [5.41, 5.74) is 9.16. The highest BCUT2D eigenvalue weighted by atomic mass is 19.1. The summed E-state index contributed by atoms with van der Waals surface area (Å²) < 4.78 is 13.2. The first-order valence-electron chi connectivity index (χ1n) is 5.92. The van der Waals surface area contributed by atoms with Crippen molar-refractivity contribution in [1.29, 1.82) is 0 Å². The van der Waals surface area contributed by atoms with Gasteiger partial charge in [0.1, 0.15) is 5.82 Å². The van der Waals surface area contributed by atoms with E-state index in [-0.39, 0.29) is 5.82 Å². The molecule has 0 aliphatic carbocycles. The number of hydrogen-bond donors (Lipinski definition) is 1. The van der Waals surface area contributed by atoms with Crippen molar-refractivity contribution >= 4 is 0 Å². The Morgan fingerprint density at radius 1 is 1.17 bits per heavy atom. The van der Waals surface area contributed by atoms with Crippen LogP contribution in [0, 0.1) is 19.7 Å². The van der Waals surface area contributed by atoms with Crippen LogP contribution in [0.15, 0.2) is 24.3 Å². The molecule has 0 fully saturated rings. The predicted molar refractivity (Wildman–Crippen MR) is 69.7 cm³/mol. The number of halogens is 1. The average Bonchev–Trinajstić information content (AvgIpc) is 2.33. The third kappa shape index (κ3) is 2.54. The SMILES string of the molecule is Cc1nc(-c2cccc(F)c2)nc(C)c1CCN. The zero-order valence-corrected chi connectivity index (χ0v) is 10.6. The van der Waals surface area contributed by atoms with Crippen LogP contribution >= 0.6 is 0 Å². The number of rotatable bonds is 3. The average molecular weight is 245 g/mol. The molecule has 0 bridgehead atoms. The maximum Gasteiger partial charge on any atom is 0.159 e. The number of aryl methyl sites for hydroxylation is 2. The van der Waals surface area contributed by atoms with Crippen LogP contribution in [0.3, 0.4) is 0 Å². The molecule has 2 aromatic rings. The molecule has 0 aliphatic rings. The molecule has 3 nitrogen and oxygen atoms in total. The van der Waals surface area contributed by atoms with Crippen molar-refractivity contribution < 1.29 is 4.39 Å². The smallest absolute Gasteiger partial charge is 0.159 e. The Kier molecular flexibility index (Phi) is 3.67. The summed E-state index contributed by atoms with van der Waals surface area (Å²) in [4.78, 5) is 8.86. The second kappa shape index (κ2) is 5.23. The van der Waals surface area contributed by atoms with E-state index < -0.39 is 0 Å². The van der Waals surface area contributed by atoms with Gasteiger partial charge in [0.05, 0.1) is 0 Å². The highest BCUT2D eigenvalue weighted by molar-refractivity contribution is 5.55. The fourth-order valence-corrected chi connectivity index (χ4v) is 2.00. The number of nitrogens with two attached hydrogens (primary N) is 1. The molecule has 1 aromatic heterocycles. The van der Waals surface area contributed by atoms with Gasteiger partial charge in [0.25, 0.3) is 0 Å². The Hall–Kier alpha value is -1.81. The Labute approximate surface area is 106 Å². The molecule has 0 saturated carbocycles. The van der Waals surface area contributed by atoms with E-state index in [9.17, 15) is 4.39 Å². The molecule has 1 heterocycles. The molecule has 0 saturated heterocycles. The van der Waals surface area contributed by atoms with Crippen molar-refractivity contribution in [1.82, 2.24) is 9.97 Å². The van der Waals surface area contributed by atoms with E-state index in [1.54, 1.807) is 12.1 Å². The molecule has 94 valence electrons.